The average Bonchev–Trinajstić information content (AvgIpc) is 3.38. The van der Waals surface area contributed by atoms with Crippen LogP contribution in [0.4, 0.5) is 11.4 Å². The third-order valence-corrected chi connectivity index (χ3v) is 6.18. The molecule has 1 N–H and O–H groups in total. The molecule has 2 unspecified atom stereocenters. The van der Waals surface area contributed by atoms with E-state index >= 15 is 0 Å². The monoisotopic (exact) mass is 472 g/mol. The first-order chi connectivity index (χ1) is 14.5. The molecule has 2 aromatic rings. The van der Waals surface area contributed by atoms with Crippen LogP contribution in [0.25, 0.3) is 0 Å². The van der Waals surface area contributed by atoms with Gasteiger partial charge in [-0.3, -0.25) is 9.59 Å². The van der Waals surface area contributed by atoms with Crippen molar-refractivity contribution < 1.29 is 19.1 Å². The molecule has 0 bridgehead atoms. The summed E-state index contributed by atoms with van der Waals surface area (Å²) in [6, 6.07) is 13.2. The number of anilines is 2. The summed E-state index contributed by atoms with van der Waals surface area (Å²) in [6.07, 6.45) is 2.59. The maximum absolute atomic E-state index is 12.9. The largest absolute Gasteiger partial charge is 0.489 e. The van der Waals surface area contributed by atoms with Crippen molar-refractivity contribution in [2.24, 2.45) is 5.92 Å². The van der Waals surface area contributed by atoms with Crippen molar-refractivity contribution in [1.29, 1.82) is 0 Å². The summed E-state index contributed by atoms with van der Waals surface area (Å²) >= 11 is 3.48. The number of para-hydroxylation sites is 1. The molecule has 0 radical (unpaired) electrons. The average molecular weight is 473 g/mol. The highest BCUT2D eigenvalue weighted by Crippen LogP contribution is 2.33. The van der Waals surface area contributed by atoms with Crippen LogP contribution in [-0.4, -0.2) is 37.7 Å². The minimum Gasteiger partial charge on any atom is -0.489 e. The van der Waals surface area contributed by atoms with Gasteiger partial charge in [0.15, 0.2) is 0 Å². The van der Waals surface area contributed by atoms with Crippen molar-refractivity contribution in [2.75, 3.05) is 30.0 Å². The van der Waals surface area contributed by atoms with E-state index in [9.17, 15) is 9.59 Å². The van der Waals surface area contributed by atoms with Gasteiger partial charge in [-0.25, -0.2) is 0 Å². The SMILES string of the molecule is Cc1ccc(NC(=O)C2CCN(c3ccccc3Br)C2=O)c(OCC2CCCO2)c1. The second-order valence-corrected chi connectivity index (χ2v) is 8.57. The molecule has 2 fully saturated rings. The molecule has 0 spiro atoms. The zero-order valence-corrected chi connectivity index (χ0v) is 18.5. The number of hydrogen-bond acceptors (Lipinski definition) is 4. The van der Waals surface area contributed by atoms with Crippen LogP contribution in [-0.2, 0) is 14.3 Å². The van der Waals surface area contributed by atoms with Gasteiger partial charge < -0.3 is 19.7 Å². The van der Waals surface area contributed by atoms with Crippen molar-refractivity contribution in [1.82, 2.24) is 0 Å². The highest BCUT2D eigenvalue weighted by atomic mass is 79.9. The Morgan fingerprint density at radius 2 is 2.10 bits per heavy atom. The standard InChI is InChI=1S/C23H25BrN2O4/c1-15-8-9-19(21(13-15)30-14-16-5-4-12-29-16)25-22(27)17-10-11-26(23(17)28)20-7-3-2-6-18(20)24/h2-3,6-9,13,16-17H,4-5,10-12,14H2,1H3,(H,25,27). The van der Waals surface area contributed by atoms with E-state index in [1.54, 1.807) is 4.90 Å². The lowest BCUT2D eigenvalue weighted by Gasteiger charge is -2.19. The molecule has 2 aliphatic rings. The van der Waals surface area contributed by atoms with Gasteiger partial charge in [0.1, 0.15) is 18.3 Å². The van der Waals surface area contributed by atoms with Gasteiger partial charge in [-0.05, 0) is 71.9 Å². The van der Waals surface area contributed by atoms with E-state index in [0.717, 1.165) is 35.2 Å². The lowest BCUT2D eigenvalue weighted by atomic mass is 10.1. The van der Waals surface area contributed by atoms with Crippen LogP contribution in [0.1, 0.15) is 24.8 Å². The van der Waals surface area contributed by atoms with Gasteiger partial charge >= 0.3 is 0 Å². The lowest BCUT2D eigenvalue weighted by Crippen LogP contribution is -2.33. The normalized spacial score (nSPS) is 21.1. The Morgan fingerprint density at radius 3 is 2.87 bits per heavy atom. The van der Waals surface area contributed by atoms with Gasteiger partial charge in [-0.1, -0.05) is 18.2 Å². The molecule has 7 heteroatoms. The highest BCUT2D eigenvalue weighted by Gasteiger charge is 2.38. The summed E-state index contributed by atoms with van der Waals surface area (Å²) in [4.78, 5) is 27.5. The Morgan fingerprint density at radius 1 is 1.27 bits per heavy atom. The van der Waals surface area contributed by atoms with Gasteiger partial charge in [-0.15, -0.1) is 0 Å². The first-order valence-corrected chi connectivity index (χ1v) is 11.0. The molecule has 2 heterocycles. The van der Waals surface area contributed by atoms with Crippen molar-refractivity contribution in [3.05, 3.63) is 52.5 Å². The lowest BCUT2D eigenvalue weighted by molar-refractivity contribution is -0.129. The van der Waals surface area contributed by atoms with E-state index < -0.39 is 5.92 Å². The quantitative estimate of drug-likeness (QED) is 0.636. The molecule has 2 aliphatic heterocycles. The number of amides is 2. The zero-order chi connectivity index (χ0) is 21.1. The molecule has 30 heavy (non-hydrogen) atoms. The fourth-order valence-electron chi connectivity index (χ4n) is 3.86. The molecule has 2 amide bonds. The fourth-order valence-corrected chi connectivity index (χ4v) is 4.36. The third kappa shape index (κ3) is 4.52. The number of nitrogens with one attached hydrogen (secondary N) is 1. The predicted molar refractivity (Wildman–Crippen MR) is 119 cm³/mol. The number of rotatable bonds is 6. The topological polar surface area (TPSA) is 67.9 Å². The number of carbonyl (C=O) groups excluding carboxylic acids is 2. The van der Waals surface area contributed by atoms with E-state index in [2.05, 4.69) is 21.2 Å². The van der Waals surface area contributed by atoms with Crippen molar-refractivity contribution in [3.63, 3.8) is 0 Å². The smallest absolute Gasteiger partial charge is 0.239 e. The molecule has 6 nitrogen and oxygen atoms in total. The molecule has 2 saturated heterocycles. The number of carbonyl (C=O) groups is 2. The number of hydrogen-bond donors (Lipinski definition) is 1. The molecular weight excluding hydrogens is 448 g/mol. The third-order valence-electron chi connectivity index (χ3n) is 5.51. The summed E-state index contributed by atoms with van der Waals surface area (Å²) in [5.41, 5.74) is 2.40. The second-order valence-electron chi connectivity index (χ2n) is 7.72. The van der Waals surface area contributed by atoms with E-state index in [1.807, 2.05) is 49.4 Å². The minimum atomic E-state index is -0.718. The van der Waals surface area contributed by atoms with Crippen LogP contribution in [0.15, 0.2) is 46.9 Å². The number of nitrogens with zero attached hydrogens (tertiary/aromatic N) is 1. The summed E-state index contributed by atoms with van der Waals surface area (Å²) in [5, 5.41) is 2.91. The predicted octanol–water partition coefficient (Wildman–Crippen LogP) is 4.31. The Balaban J connectivity index is 1.45. The maximum Gasteiger partial charge on any atom is 0.239 e. The molecule has 0 saturated carbocycles. The van der Waals surface area contributed by atoms with Crippen LogP contribution >= 0.6 is 15.9 Å². The van der Waals surface area contributed by atoms with Crippen molar-refractivity contribution in [3.8, 4) is 5.75 Å². The van der Waals surface area contributed by atoms with E-state index in [0.29, 0.717) is 31.0 Å². The Bertz CT molecular complexity index is 943. The van der Waals surface area contributed by atoms with Gasteiger partial charge in [0.2, 0.25) is 11.8 Å². The van der Waals surface area contributed by atoms with Crippen LogP contribution in [0.3, 0.4) is 0 Å². The summed E-state index contributed by atoms with van der Waals surface area (Å²) in [6.45, 7) is 3.70. The van der Waals surface area contributed by atoms with Gasteiger partial charge in [0.25, 0.3) is 0 Å². The highest BCUT2D eigenvalue weighted by molar-refractivity contribution is 9.10. The minimum absolute atomic E-state index is 0.0864. The molecular formula is C23H25BrN2O4. The maximum atomic E-state index is 12.9. The summed E-state index contributed by atoms with van der Waals surface area (Å²) < 4.78 is 12.4. The second kappa shape index (κ2) is 9.18. The van der Waals surface area contributed by atoms with Gasteiger partial charge in [0, 0.05) is 17.6 Å². The van der Waals surface area contributed by atoms with Gasteiger partial charge in [-0.2, -0.15) is 0 Å². The molecule has 158 valence electrons. The first-order valence-electron chi connectivity index (χ1n) is 10.2. The molecule has 2 aromatic carbocycles. The van der Waals surface area contributed by atoms with E-state index in [-0.39, 0.29) is 17.9 Å². The summed E-state index contributed by atoms with van der Waals surface area (Å²) in [7, 11) is 0. The Kier molecular flexibility index (Phi) is 6.39. The Labute approximate surface area is 184 Å². The van der Waals surface area contributed by atoms with Gasteiger partial charge in [0.05, 0.1) is 17.5 Å². The summed E-state index contributed by atoms with van der Waals surface area (Å²) in [5.74, 6) is -0.606. The van der Waals surface area contributed by atoms with Crippen LogP contribution in [0.2, 0.25) is 0 Å². The van der Waals surface area contributed by atoms with Crippen LogP contribution in [0.5, 0.6) is 5.75 Å². The number of ether oxygens (including phenoxy) is 2. The van der Waals surface area contributed by atoms with Crippen LogP contribution < -0.4 is 15.0 Å². The van der Waals surface area contributed by atoms with E-state index in [4.69, 9.17) is 9.47 Å². The fraction of sp³-hybridized carbons (Fsp3) is 0.391. The number of benzene rings is 2. The van der Waals surface area contributed by atoms with Crippen LogP contribution in [0, 0.1) is 12.8 Å². The molecule has 2 atom stereocenters. The van der Waals surface area contributed by atoms with Crippen molar-refractivity contribution >= 4 is 39.1 Å². The molecule has 4 rings (SSSR count). The number of aryl methyl sites for hydroxylation is 1. The first kappa shape index (κ1) is 20.9. The van der Waals surface area contributed by atoms with Crippen molar-refractivity contribution in [2.45, 2.75) is 32.3 Å². The zero-order valence-electron chi connectivity index (χ0n) is 16.9. The molecule has 0 aromatic heterocycles. The molecule has 0 aliphatic carbocycles. The van der Waals surface area contributed by atoms with E-state index in [1.165, 1.54) is 0 Å². The Hall–Kier alpha value is -2.38. The number of halogens is 1.